The minimum atomic E-state index is -0.240. The van der Waals surface area contributed by atoms with Gasteiger partial charge in [-0.05, 0) is 61.9 Å². The van der Waals surface area contributed by atoms with Crippen LogP contribution in [0, 0.1) is 0 Å². The first-order chi connectivity index (χ1) is 13.9. The highest BCUT2D eigenvalue weighted by atomic mass is 16.6. The predicted octanol–water partition coefficient (Wildman–Crippen LogP) is 4.77. The van der Waals surface area contributed by atoms with Crippen LogP contribution in [0.4, 0.5) is 11.4 Å². The fourth-order valence-electron chi connectivity index (χ4n) is 4.92. The minimum absolute atomic E-state index is 0.0127. The van der Waals surface area contributed by atoms with Crippen molar-refractivity contribution in [2.24, 2.45) is 4.99 Å². The summed E-state index contributed by atoms with van der Waals surface area (Å²) in [5, 5.41) is 0. The van der Waals surface area contributed by atoms with Crippen LogP contribution in [0.5, 0.6) is 11.5 Å². The molecule has 0 radical (unpaired) electrons. The van der Waals surface area contributed by atoms with Crippen LogP contribution in [0.15, 0.2) is 35.3 Å². The molecule has 1 unspecified atom stereocenters. The van der Waals surface area contributed by atoms with Gasteiger partial charge in [0.2, 0.25) is 0 Å². The van der Waals surface area contributed by atoms with E-state index < -0.39 is 0 Å². The van der Waals surface area contributed by atoms with E-state index in [9.17, 15) is 4.79 Å². The maximum absolute atomic E-state index is 13.5. The van der Waals surface area contributed by atoms with Crippen LogP contribution >= 0.6 is 0 Å². The van der Waals surface area contributed by atoms with Gasteiger partial charge in [0.05, 0.1) is 11.4 Å². The molecule has 150 valence electrons. The van der Waals surface area contributed by atoms with E-state index in [1.807, 2.05) is 23.1 Å². The number of hydrogen-bond acceptors (Lipinski definition) is 4. The third-order valence-corrected chi connectivity index (χ3v) is 6.20. The quantitative estimate of drug-likeness (QED) is 0.742. The first-order valence-corrected chi connectivity index (χ1v) is 10.4. The molecule has 0 saturated carbocycles. The molecule has 0 spiro atoms. The zero-order chi connectivity index (χ0) is 20.3. The molecule has 0 saturated heterocycles. The Hall–Kier alpha value is -2.82. The Morgan fingerprint density at radius 2 is 1.90 bits per heavy atom. The molecule has 0 N–H and O–H groups in total. The van der Waals surface area contributed by atoms with Crippen LogP contribution in [0.25, 0.3) is 0 Å². The molecule has 5 nitrogen and oxygen atoms in total. The number of benzene rings is 2. The maximum Gasteiger partial charge on any atom is 0.278 e. The van der Waals surface area contributed by atoms with E-state index in [0.717, 1.165) is 29.8 Å². The summed E-state index contributed by atoms with van der Waals surface area (Å²) in [6.07, 6.45) is 1.87. The topological polar surface area (TPSA) is 51.1 Å². The van der Waals surface area contributed by atoms with Gasteiger partial charge in [0, 0.05) is 17.2 Å². The van der Waals surface area contributed by atoms with Crippen LogP contribution < -0.4 is 14.4 Å². The van der Waals surface area contributed by atoms with Crippen LogP contribution in [-0.4, -0.2) is 30.4 Å². The van der Waals surface area contributed by atoms with Gasteiger partial charge in [0.25, 0.3) is 5.91 Å². The van der Waals surface area contributed by atoms with Crippen molar-refractivity contribution < 1.29 is 14.3 Å². The van der Waals surface area contributed by atoms with Crippen molar-refractivity contribution in [2.45, 2.75) is 52.0 Å². The summed E-state index contributed by atoms with van der Waals surface area (Å²) in [5.41, 5.74) is 5.51. The van der Waals surface area contributed by atoms with Crippen molar-refractivity contribution in [1.82, 2.24) is 0 Å². The van der Waals surface area contributed by atoms with Gasteiger partial charge >= 0.3 is 0 Å². The molecule has 3 aliphatic rings. The fourth-order valence-corrected chi connectivity index (χ4v) is 4.92. The summed E-state index contributed by atoms with van der Waals surface area (Å²) in [7, 11) is 0. The van der Waals surface area contributed by atoms with E-state index in [2.05, 4.69) is 39.8 Å². The van der Waals surface area contributed by atoms with E-state index in [1.54, 1.807) is 0 Å². The van der Waals surface area contributed by atoms with Crippen molar-refractivity contribution in [3.63, 3.8) is 0 Å². The maximum atomic E-state index is 13.5. The molecule has 1 atom stereocenters. The Labute approximate surface area is 171 Å². The predicted molar refractivity (Wildman–Crippen MR) is 114 cm³/mol. The summed E-state index contributed by atoms with van der Waals surface area (Å²) in [6.45, 7) is 9.78. The van der Waals surface area contributed by atoms with Crippen molar-refractivity contribution >= 4 is 23.0 Å². The number of fused-ring (bicyclic) bond motifs is 1. The van der Waals surface area contributed by atoms with Gasteiger partial charge in [-0.2, -0.15) is 0 Å². The average molecular weight is 390 g/mol. The summed E-state index contributed by atoms with van der Waals surface area (Å²) in [6, 6.07) is 10.0. The van der Waals surface area contributed by atoms with E-state index in [-0.39, 0.29) is 11.4 Å². The zero-order valence-electron chi connectivity index (χ0n) is 17.4. The van der Waals surface area contributed by atoms with Gasteiger partial charge in [-0.15, -0.1) is 0 Å². The lowest BCUT2D eigenvalue weighted by Gasteiger charge is -2.43. The number of aliphatic imine (C=N–C) groups is 1. The third-order valence-electron chi connectivity index (χ3n) is 6.20. The number of amides is 1. The Balaban J connectivity index is 1.69. The summed E-state index contributed by atoms with van der Waals surface area (Å²) < 4.78 is 11.3. The number of ether oxygens (including phenoxy) is 2. The van der Waals surface area contributed by atoms with Crippen molar-refractivity contribution in [1.29, 1.82) is 0 Å². The molecule has 2 aromatic rings. The van der Waals surface area contributed by atoms with Gasteiger partial charge in [-0.3, -0.25) is 4.79 Å². The highest BCUT2D eigenvalue weighted by Gasteiger charge is 2.48. The minimum Gasteiger partial charge on any atom is -0.486 e. The number of anilines is 1. The highest BCUT2D eigenvalue weighted by Crippen LogP contribution is 2.49. The first kappa shape index (κ1) is 18.2. The monoisotopic (exact) mass is 390 g/mol. The number of rotatable bonds is 2. The molecule has 3 aliphatic heterocycles. The molecule has 0 aliphatic carbocycles. The molecular weight excluding hydrogens is 364 g/mol. The van der Waals surface area contributed by atoms with Gasteiger partial charge in [-0.25, -0.2) is 4.99 Å². The lowest BCUT2D eigenvalue weighted by Crippen LogP contribution is -2.50. The second kappa shape index (κ2) is 6.34. The average Bonchev–Trinajstić information content (AvgIpc) is 2.98. The Kier molecular flexibility index (Phi) is 3.99. The molecule has 0 fully saturated rings. The molecule has 5 heteroatoms. The SMILES string of the molecule is CCc1cc2c3c(c1)C(C)CC(C)(C)N3C(=O)C2=Nc1ccc2c(c1)OCCO2. The summed E-state index contributed by atoms with van der Waals surface area (Å²) in [5.74, 6) is 1.80. The lowest BCUT2D eigenvalue weighted by molar-refractivity contribution is -0.113. The van der Waals surface area contributed by atoms with E-state index in [0.29, 0.717) is 36.3 Å². The van der Waals surface area contributed by atoms with Crippen LogP contribution in [0.2, 0.25) is 0 Å². The first-order valence-electron chi connectivity index (χ1n) is 10.4. The smallest absolute Gasteiger partial charge is 0.278 e. The zero-order valence-corrected chi connectivity index (χ0v) is 17.4. The number of nitrogens with zero attached hydrogens (tertiary/aromatic N) is 2. The van der Waals surface area contributed by atoms with Crippen molar-refractivity contribution in [3.8, 4) is 11.5 Å². The molecule has 0 bridgehead atoms. The number of carbonyl (C=O) groups excluding carboxylic acids is 1. The van der Waals surface area contributed by atoms with E-state index in [4.69, 9.17) is 14.5 Å². The fraction of sp³-hybridized carbons (Fsp3) is 0.417. The molecule has 29 heavy (non-hydrogen) atoms. The van der Waals surface area contributed by atoms with Crippen LogP contribution in [0.3, 0.4) is 0 Å². The van der Waals surface area contributed by atoms with Crippen molar-refractivity contribution in [2.75, 3.05) is 18.1 Å². The number of hydrogen-bond donors (Lipinski definition) is 0. The number of carbonyl (C=O) groups is 1. The number of aryl methyl sites for hydroxylation is 1. The Morgan fingerprint density at radius 3 is 2.66 bits per heavy atom. The second-order valence-corrected chi connectivity index (χ2v) is 8.78. The lowest BCUT2D eigenvalue weighted by atomic mass is 9.79. The molecule has 5 rings (SSSR count). The van der Waals surface area contributed by atoms with Gasteiger partial charge < -0.3 is 14.4 Å². The van der Waals surface area contributed by atoms with E-state index in [1.165, 1.54) is 11.1 Å². The van der Waals surface area contributed by atoms with Gasteiger partial charge in [0.15, 0.2) is 11.5 Å². The summed E-state index contributed by atoms with van der Waals surface area (Å²) in [4.78, 5) is 20.3. The molecule has 2 aromatic carbocycles. The van der Waals surface area contributed by atoms with Crippen molar-refractivity contribution in [3.05, 3.63) is 47.0 Å². The van der Waals surface area contributed by atoms with E-state index >= 15 is 0 Å². The molecular formula is C24H26N2O3. The highest BCUT2D eigenvalue weighted by molar-refractivity contribution is 6.55. The summed E-state index contributed by atoms with van der Waals surface area (Å²) >= 11 is 0. The standard InChI is InChI=1S/C24H26N2O3/c1-5-15-10-17-14(2)13-24(3,4)26-22(17)18(11-15)21(23(26)27)25-16-6-7-19-20(12-16)29-9-8-28-19/h6-7,10-12,14H,5,8-9,13H2,1-4H3. The molecule has 3 heterocycles. The van der Waals surface area contributed by atoms with Crippen LogP contribution in [-0.2, 0) is 11.2 Å². The largest absolute Gasteiger partial charge is 0.486 e. The Bertz CT molecular complexity index is 1050. The second-order valence-electron chi connectivity index (χ2n) is 8.78. The van der Waals surface area contributed by atoms with Gasteiger partial charge in [0.1, 0.15) is 18.9 Å². The van der Waals surface area contributed by atoms with Crippen LogP contribution in [0.1, 0.15) is 56.7 Å². The normalized spacial score (nSPS) is 22.8. The third kappa shape index (κ3) is 2.75. The molecule has 0 aromatic heterocycles. The Morgan fingerprint density at radius 1 is 1.14 bits per heavy atom. The molecule has 1 amide bonds. The van der Waals surface area contributed by atoms with Gasteiger partial charge in [-0.1, -0.05) is 19.9 Å².